The predicted octanol–water partition coefficient (Wildman–Crippen LogP) is -0.851. The van der Waals surface area contributed by atoms with E-state index >= 15 is 0 Å². The Kier molecular flexibility index (Phi) is 3.50. The summed E-state index contributed by atoms with van der Waals surface area (Å²) in [7, 11) is -4.10. The number of carbonyl (C=O) groups excluding carboxylic acids is 2. The van der Waals surface area contributed by atoms with E-state index in [1.807, 2.05) is 0 Å². The number of hydrogen-bond acceptors (Lipinski definition) is 6. The molecule has 0 aromatic carbocycles. The molecule has 2 amide bonds. The van der Waals surface area contributed by atoms with E-state index in [2.05, 4.69) is 4.98 Å². The summed E-state index contributed by atoms with van der Waals surface area (Å²) in [6.45, 7) is 2.49. The largest absolute Gasteiger partial charge is 0.480 e. The van der Waals surface area contributed by atoms with Crippen molar-refractivity contribution < 1.29 is 27.9 Å². The Morgan fingerprint density at radius 3 is 2.44 bits per heavy atom. The number of aliphatic carboxylic acids is 1. The summed E-state index contributed by atoms with van der Waals surface area (Å²) in [5.74, 6) is -3.28. The number of nitrogens with two attached hydrogens (primary N) is 1. The van der Waals surface area contributed by atoms with Crippen LogP contribution in [0.4, 0.5) is 0 Å². The van der Waals surface area contributed by atoms with Crippen LogP contribution in [0.3, 0.4) is 0 Å². The molecule has 2 aliphatic heterocycles. The number of carbonyl (C=O) groups is 3. The van der Waals surface area contributed by atoms with Crippen LogP contribution >= 0.6 is 0 Å². The third kappa shape index (κ3) is 2.03. The van der Waals surface area contributed by atoms with Gasteiger partial charge >= 0.3 is 5.97 Å². The van der Waals surface area contributed by atoms with E-state index in [4.69, 9.17) is 5.73 Å². The lowest BCUT2D eigenvalue weighted by Gasteiger charge is -2.38. The Morgan fingerprint density at radius 2 is 1.96 bits per heavy atom. The van der Waals surface area contributed by atoms with Gasteiger partial charge in [-0.05, 0) is 26.0 Å². The van der Waals surface area contributed by atoms with Crippen LogP contribution in [0, 0.1) is 0 Å². The molecule has 132 valence electrons. The molecule has 0 aliphatic carbocycles. The number of carboxylic acids is 1. The molecule has 3 heterocycles. The van der Waals surface area contributed by atoms with E-state index in [0.29, 0.717) is 0 Å². The molecule has 2 atom stereocenters. The number of primary amides is 1. The first kappa shape index (κ1) is 17.1. The van der Waals surface area contributed by atoms with E-state index in [1.54, 1.807) is 12.1 Å². The van der Waals surface area contributed by atoms with E-state index in [-0.39, 0.29) is 16.8 Å². The highest BCUT2D eigenvalue weighted by atomic mass is 32.2. The van der Waals surface area contributed by atoms with Crippen molar-refractivity contribution in [2.45, 2.75) is 30.0 Å². The van der Waals surface area contributed by atoms with Crippen LogP contribution in [0.1, 0.15) is 19.5 Å². The van der Waals surface area contributed by atoms with Gasteiger partial charge in [0, 0.05) is 6.20 Å². The third-order valence-corrected chi connectivity index (χ3v) is 7.34. The van der Waals surface area contributed by atoms with Crippen LogP contribution in [0.15, 0.2) is 30.0 Å². The van der Waals surface area contributed by atoms with Crippen LogP contribution in [0.2, 0.25) is 0 Å². The number of nitrogens with zero attached hydrogens (tertiary/aromatic N) is 2. The van der Waals surface area contributed by atoms with Gasteiger partial charge in [0.25, 0.3) is 11.8 Å². The first-order valence-corrected chi connectivity index (χ1v) is 8.82. The zero-order valence-corrected chi connectivity index (χ0v) is 14.1. The normalized spacial score (nSPS) is 28.1. The molecule has 2 fully saturated rings. The average molecular weight is 365 g/mol. The number of aromatic nitrogens is 1. The maximum absolute atomic E-state index is 12.8. The summed E-state index contributed by atoms with van der Waals surface area (Å²) < 4.78 is 24.0. The van der Waals surface area contributed by atoms with Gasteiger partial charge in [-0.3, -0.25) is 14.6 Å². The minimum atomic E-state index is -4.10. The molecule has 3 N–H and O–H groups in total. The predicted molar refractivity (Wildman–Crippen MR) is 85.4 cm³/mol. The lowest BCUT2D eigenvalue weighted by molar-refractivity contribution is -0.152. The Balaban J connectivity index is 2.27. The van der Waals surface area contributed by atoms with Gasteiger partial charge in [-0.2, -0.15) is 0 Å². The maximum atomic E-state index is 12.8. The molecule has 3 rings (SSSR count). The molecule has 25 heavy (non-hydrogen) atoms. The van der Waals surface area contributed by atoms with Gasteiger partial charge in [0.1, 0.15) is 4.75 Å². The van der Waals surface area contributed by atoms with Crippen LogP contribution in [0.25, 0.3) is 5.57 Å². The van der Waals surface area contributed by atoms with Gasteiger partial charge in [0.05, 0.1) is 16.8 Å². The van der Waals surface area contributed by atoms with Crippen molar-refractivity contribution in [1.82, 2.24) is 9.88 Å². The lowest BCUT2D eigenvalue weighted by atomic mass is 9.91. The summed E-state index contributed by atoms with van der Waals surface area (Å²) in [5, 5.41) is 7.87. The van der Waals surface area contributed by atoms with Crippen molar-refractivity contribution >= 4 is 33.2 Å². The molecule has 0 saturated carbocycles. The highest BCUT2D eigenvalue weighted by Crippen LogP contribution is 2.50. The minimum Gasteiger partial charge on any atom is -0.480 e. The Labute approximate surface area is 143 Å². The SMILES string of the molecule is CC1(C)[C@H](C(=O)O)N2C(=O)C(=C(C(N)=O)c3ccccn3)[C@H]2S1(=O)=O. The number of β-lactam (4-membered cyclic amide) rings is 1. The minimum absolute atomic E-state index is 0.0600. The van der Waals surface area contributed by atoms with E-state index in [0.717, 1.165) is 4.90 Å². The highest BCUT2D eigenvalue weighted by molar-refractivity contribution is 7.94. The fraction of sp³-hybridized carbons (Fsp3) is 0.333. The van der Waals surface area contributed by atoms with Crippen molar-refractivity contribution in [2.24, 2.45) is 5.73 Å². The Hall–Kier alpha value is -2.75. The number of pyridine rings is 1. The van der Waals surface area contributed by atoms with Gasteiger partial charge in [-0.1, -0.05) is 6.07 Å². The van der Waals surface area contributed by atoms with Gasteiger partial charge in [0.15, 0.2) is 21.3 Å². The smallest absolute Gasteiger partial charge is 0.328 e. The first-order valence-electron chi connectivity index (χ1n) is 7.27. The Morgan fingerprint density at radius 1 is 1.32 bits per heavy atom. The molecular weight excluding hydrogens is 350 g/mol. The van der Waals surface area contributed by atoms with Gasteiger partial charge in [-0.25, -0.2) is 13.2 Å². The second-order valence-electron chi connectivity index (χ2n) is 6.32. The van der Waals surface area contributed by atoms with Crippen LogP contribution in [-0.2, 0) is 24.2 Å². The molecule has 1 aromatic rings. The topological polar surface area (TPSA) is 148 Å². The van der Waals surface area contributed by atoms with E-state index in [9.17, 15) is 27.9 Å². The quantitative estimate of drug-likeness (QED) is 0.523. The third-order valence-electron chi connectivity index (χ3n) is 4.60. The summed E-state index contributed by atoms with van der Waals surface area (Å²) in [6.07, 6.45) is 1.37. The Bertz CT molecular complexity index is 935. The molecule has 2 saturated heterocycles. The number of rotatable bonds is 3. The second kappa shape index (κ2) is 5.12. The first-order chi connectivity index (χ1) is 11.5. The van der Waals surface area contributed by atoms with Crippen molar-refractivity contribution in [3.63, 3.8) is 0 Å². The van der Waals surface area contributed by atoms with E-state index < -0.39 is 43.8 Å². The molecule has 0 unspecified atom stereocenters. The monoisotopic (exact) mass is 365 g/mol. The number of fused-ring (bicyclic) bond motifs is 1. The molecule has 0 radical (unpaired) electrons. The highest BCUT2D eigenvalue weighted by Gasteiger charge is 2.71. The lowest BCUT2D eigenvalue weighted by Crippen LogP contribution is -2.59. The van der Waals surface area contributed by atoms with Gasteiger partial charge in [0.2, 0.25) is 0 Å². The fourth-order valence-electron chi connectivity index (χ4n) is 3.31. The van der Waals surface area contributed by atoms with Gasteiger partial charge < -0.3 is 15.7 Å². The molecule has 2 aliphatic rings. The average Bonchev–Trinajstić information content (AvgIpc) is 2.66. The van der Waals surface area contributed by atoms with Crippen LogP contribution in [-0.4, -0.2) is 57.4 Å². The molecule has 0 bridgehead atoms. The number of sulfone groups is 1. The molecule has 0 spiro atoms. The van der Waals surface area contributed by atoms with Crippen molar-refractivity contribution in [3.05, 3.63) is 35.7 Å². The fourth-order valence-corrected chi connectivity index (χ4v) is 5.46. The second-order valence-corrected chi connectivity index (χ2v) is 8.91. The molecule has 9 nitrogen and oxygen atoms in total. The standard InChI is InChI=1S/C15H15N3O6S/c1-15(2)10(14(21)22)18-12(20)9(13(18)25(15,23)24)8(11(16)19)7-5-3-4-6-17-7/h3-6,10,13H,1-2H3,(H2,16,19)(H,21,22)/t10-,13+/m0/s1. The van der Waals surface area contributed by atoms with Crippen molar-refractivity contribution in [3.8, 4) is 0 Å². The zero-order valence-electron chi connectivity index (χ0n) is 13.3. The molecular formula is C15H15N3O6S. The van der Waals surface area contributed by atoms with Gasteiger partial charge in [-0.15, -0.1) is 0 Å². The van der Waals surface area contributed by atoms with E-state index in [1.165, 1.54) is 26.1 Å². The van der Waals surface area contributed by atoms with Crippen LogP contribution in [0.5, 0.6) is 0 Å². The number of hydrogen-bond donors (Lipinski definition) is 2. The summed E-state index contributed by atoms with van der Waals surface area (Å²) in [5.41, 5.74) is 4.78. The summed E-state index contributed by atoms with van der Waals surface area (Å²) in [4.78, 5) is 40.7. The number of amides is 2. The van der Waals surface area contributed by atoms with Crippen molar-refractivity contribution in [1.29, 1.82) is 0 Å². The van der Waals surface area contributed by atoms with Crippen molar-refractivity contribution in [2.75, 3.05) is 0 Å². The maximum Gasteiger partial charge on any atom is 0.328 e. The zero-order chi connectivity index (χ0) is 18.7. The summed E-state index contributed by atoms with van der Waals surface area (Å²) in [6, 6.07) is 3.01. The molecule has 10 heteroatoms. The molecule has 1 aromatic heterocycles. The van der Waals surface area contributed by atoms with Crippen LogP contribution < -0.4 is 5.73 Å². The number of carboxylic acid groups (broad SMARTS) is 1. The summed E-state index contributed by atoms with van der Waals surface area (Å²) >= 11 is 0.